The molecule has 0 saturated heterocycles. The number of rotatable bonds is 2. The molecule has 1 aromatic carbocycles. The van der Waals surface area contributed by atoms with E-state index in [-0.39, 0.29) is 3.12 Å². The van der Waals surface area contributed by atoms with E-state index in [9.17, 15) is 0 Å². The zero-order valence-electron chi connectivity index (χ0n) is 9.18. The zero-order chi connectivity index (χ0) is 10.8. The summed E-state index contributed by atoms with van der Waals surface area (Å²) < 4.78 is 1.41. The molecule has 1 aromatic rings. The van der Waals surface area contributed by atoms with Crippen molar-refractivity contribution in [1.29, 1.82) is 5.26 Å². The van der Waals surface area contributed by atoms with Crippen LogP contribution in [0.25, 0.3) is 0 Å². The number of hydrogen-bond acceptors (Lipinski definition) is 1. The molecule has 0 radical (unpaired) electrons. The second-order valence-corrected chi connectivity index (χ2v) is 12.0. The van der Waals surface area contributed by atoms with Crippen molar-refractivity contribution in [1.82, 2.24) is 0 Å². The first-order valence-corrected chi connectivity index (χ1v) is 8.61. The standard InChI is InChI=1S/C8H9.C4H6N.Bi.H/c1-7-5-3-4-6-8(7)2;1-4(2)3-5;;/h3-5H,1-2H3;1-2H3;;. The first-order chi connectivity index (χ1) is 6.46. The van der Waals surface area contributed by atoms with Gasteiger partial charge in [-0.25, -0.2) is 0 Å². The van der Waals surface area contributed by atoms with Gasteiger partial charge in [0.05, 0.1) is 0 Å². The van der Waals surface area contributed by atoms with E-state index < -0.39 is 23.2 Å². The molecule has 0 aliphatic carbocycles. The average molecular weight is 383 g/mol. The Morgan fingerprint density at radius 2 is 1.93 bits per heavy atom. The molecule has 0 fully saturated rings. The van der Waals surface area contributed by atoms with Gasteiger partial charge in [0, 0.05) is 0 Å². The predicted octanol–water partition coefficient (Wildman–Crippen LogP) is 2.09. The third-order valence-corrected chi connectivity index (χ3v) is 8.35. The van der Waals surface area contributed by atoms with Gasteiger partial charge in [0.15, 0.2) is 0 Å². The normalized spacial score (nSPS) is 11.1. The maximum absolute atomic E-state index is 9.01. The molecule has 0 aliphatic heterocycles. The molecule has 14 heavy (non-hydrogen) atoms. The van der Waals surface area contributed by atoms with E-state index in [4.69, 9.17) is 5.26 Å². The molecule has 0 bridgehead atoms. The molecule has 0 amide bonds. The van der Waals surface area contributed by atoms with E-state index in [0.717, 1.165) is 0 Å². The molecule has 0 unspecified atom stereocenters. The number of aryl methyl sites for hydroxylation is 1. The Morgan fingerprint density at radius 3 is 2.50 bits per heavy atom. The molecule has 0 N–H and O–H groups in total. The quantitative estimate of drug-likeness (QED) is 0.718. The third-order valence-electron chi connectivity index (χ3n) is 2.33. The summed E-state index contributed by atoms with van der Waals surface area (Å²) in [5.41, 5.74) is 2.75. The van der Waals surface area contributed by atoms with Gasteiger partial charge in [-0.05, 0) is 0 Å². The predicted molar refractivity (Wildman–Crippen MR) is 62.4 cm³/mol. The Labute approximate surface area is 97.7 Å². The molecular formula is C12H16BiN. The minimum absolute atomic E-state index is 0.0709. The maximum atomic E-state index is 9.01. The van der Waals surface area contributed by atoms with Crippen LogP contribution in [0, 0.1) is 25.2 Å². The molecule has 0 heterocycles. The van der Waals surface area contributed by atoms with Gasteiger partial charge in [0.2, 0.25) is 0 Å². The van der Waals surface area contributed by atoms with Crippen LogP contribution in [0.3, 0.4) is 0 Å². The van der Waals surface area contributed by atoms with Crippen molar-refractivity contribution < 1.29 is 0 Å². The van der Waals surface area contributed by atoms with Crippen molar-refractivity contribution in [2.75, 3.05) is 0 Å². The van der Waals surface area contributed by atoms with Gasteiger partial charge in [-0.2, -0.15) is 0 Å². The first-order valence-electron chi connectivity index (χ1n) is 4.72. The third kappa shape index (κ3) is 2.79. The fourth-order valence-electron chi connectivity index (χ4n) is 1.25. The van der Waals surface area contributed by atoms with Gasteiger partial charge in [0.1, 0.15) is 0 Å². The van der Waals surface area contributed by atoms with Gasteiger partial charge in [-0.15, -0.1) is 0 Å². The summed E-state index contributed by atoms with van der Waals surface area (Å²) >= 11 is -1.03. The summed E-state index contributed by atoms with van der Waals surface area (Å²) in [4.78, 5) is 0. The summed E-state index contributed by atoms with van der Waals surface area (Å²) in [5, 5.41) is 9.01. The number of nitriles is 1. The fourth-order valence-corrected chi connectivity index (χ4v) is 6.28. The molecule has 0 atom stereocenters. The van der Waals surface area contributed by atoms with Crippen molar-refractivity contribution >= 4 is 26.5 Å². The minimum atomic E-state index is -1.03. The number of benzene rings is 1. The summed E-state index contributed by atoms with van der Waals surface area (Å²) in [5.74, 6) is 0. The first kappa shape index (κ1) is 11.7. The van der Waals surface area contributed by atoms with Gasteiger partial charge in [-0.3, -0.25) is 0 Å². The van der Waals surface area contributed by atoms with E-state index in [0.29, 0.717) is 0 Å². The van der Waals surface area contributed by atoms with Crippen molar-refractivity contribution in [2.45, 2.75) is 30.8 Å². The summed E-state index contributed by atoms with van der Waals surface area (Å²) in [6, 6.07) is 8.87. The molecule has 0 saturated carbocycles. The van der Waals surface area contributed by atoms with E-state index in [2.05, 4.69) is 52.0 Å². The number of hydrogen-bond donors (Lipinski definition) is 0. The Kier molecular flexibility index (Phi) is 3.67. The van der Waals surface area contributed by atoms with Gasteiger partial charge < -0.3 is 0 Å². The molecule has 1 nitrogen and oxygen atoms in total. The van der Waals surface area contributed by atoms with Crippen LogP contribution in [-0.4, -0.2) is 23.2 Å². The average Bonchev–Trinajstić information content (AvgIpc) is 2.13. The van der Waals surface area contributed by atoms with E-state index in [1.165, 1.54) is 14.4 Å². The van der Waals surface area contributed by atoms with Crippen LogP contribution in [0.4, 0.5) is 0 Å². The van der Waals surface area contributed by atoms with E-state index in [1.54, 1.807) is 0 Å². The van der Waals surface area contributed by atoms with Gasteiger partial charge >= 0.3 is 98.0 Å². The Hall–Kier alpha value is -0.407. The number of nitrogens with zero attached hydrogens (tertiary/aromatic N) is 1. The van der Waals surface area contributed by atoms with Crippen molar-refractivity contribution in [3.05, 3.63) is 29.3 Å². The van der Waals surface area contributed by atoms with Crippen LogP contribution in [0.1, 0.15) is 25.0 Å². The Bertz CT molecular complexity index is 374. The topological polar surface area (TPSA) is 23.8 Å². The van der Waals surface area contributed by atoms with Crippen LogP contribution < -0.4 is 3.27 Å². The Morgan fingerprint density at radius 1 is 1.29 bits per heavy atom. The SMILES string of the molecule is Cc1ccc[c]([BiH][C](C)(C)C#N)c1C. The van der Waals surface area contributed by atoms with Crippen LogP contribution in [0.5, 0.6) is 0 Å². The Balaban J connectivity index is 3.00. The summed E-state index contributed by atoms with van der Waals surface area (Å²) in [6.45, 7) is 8.45. The monoisotopic (exact) mass is 383 g/mol. The second-order valence-electron chi connectivity index (χ2n) is 4.11. The molecule has 2 heteroatoms. The van der Waals surface area contributed by atoms with Crippen molar-refractivity contribution in [2.24, 2.45) is 0 Å². The molecular weight excluding hydrogens is 367 g/mol. The van der Waals surface area contributed by atoms with Crippen LogP contribution in [-0.2, 0) is 0 Å². The molecule has 0 spiro atoms. The second kappa shape index (κ2) is 4.41. The van der Waals surface area contributed by atoms with Crippen LogP contribution in [0.15, 0.2) is 18.2 Å². The van der Waals surface area contributed by atoms with Gasteiger partial charge in [0.25, 0.3) is 0 Å². The summed E-state index contributed by atoms with van der Waals surface area (Å²) in [6.07, 6.45) is 0. The molecule has 0 aliphatic rings. The van der Waals surface area contributed by atoms with Gasteiger partial charge in [-0.1, -0.05) is 0 Å². The van der Waals surface area contributed by atoms with E-state index in [1.807, 2.05) is 0 Å². The molecule has 0 aromatic heterocycles. The molecule has 1 rings (SSSR count). The van der Waals surface area contributed by atoms with Crippen LogP contribution >= 0.6 is 0 Å². The van der Waals surface area contributed by atoms with Crippen molar-refractivity contribution in [3.8, 4) is 6.07 Å². The van der Waals surface area contributed by atoms with Crippen molar-refractivity contribution in [3.63, 3.8) is 0 Å². The molecule has 74 valence electrons. The van der Waals surface area contributed by atoms with E-state index >= 15 is 0 Å². The summed E-state index contributed by atoms with van der Waals surface area (Å²) in [7, 11) is 0. The zero-order valence-corrected chi connectivity index (χ0v) is 13.1. The fraction of sp³-hybridized carbons (Fsp3) is 0.417. The van der Waals surface area contributed by atoms with Crippen LogP contribution in [0.2, 0.25) is 3.12 Å².